The molecule has 0 saturated carbocycles. The molecule has 4 heteroatoms. The third-order valence-corrected chi connectivity index (χ3v) is 2.92. The molecule has 0 bridgehead atoms. The van der Waals surface area contributed by atoms with Crippen LogP contribution in [0.3, 0.4) is 0 Å². The number of nitrogens with zero attached hydrogens (tertiary/aromatic N) is 2. The lowest BCUT2D eigenvalue weighted by Crippen LogP contribution is -2.41. The van der Waals surface area contributed by atoms with Crippen LogP contribution in [-0.4, -0.2) is 15.3 Å². The van der Waals surface area contributed by atoms with Crippen LogP contribution < -0.4 is 5.73 Å². The Morgan fingerprint density at radius 2 is 2.06 bits per heavy atom. The highest BCUT2D eigenvalue weighted by molar-refractivity contribution is 5.21. The molecular formula is C14H18FN3. The Kier molecular flexibility index (Phi) is 3.48. The van der Waals surface area contributed by atoms with Crippen molar-refractivity contribution >= 4 is 0 Å². The second-order valence-corrected chi connectivity index (χ2v) is 5.12. The third kappa shape index (κ3) is 3.17. The number of halogens is 1. The molecular weight excluding hydrogens is 229 g/mol. The van der Waals surface area contributed by atoms with E-state index >= 15 is 0 Å². The van der Waals surface area contributed by atoms with Gasteiger partial charge in [0.1, 0.15) is 5.82 Å². The summed E-state index contributed by atoms with van der Waals surface area (Å²) < 4.78 is 15.3. The summed E-state index contributed by atoms with van der Waals surface area (Å²) in [6.07, 6.45) is 4.92. The summed E-state index contributed by atoms with van der Waals surface area (Å²) in [6, 6.07) is 6.77. The standard InChI is InChI=1S/C14H18FN3/c1-14(16,7-11-9-17-18(2)10-11)8-12-5-3-4-6-13(12)15/h3-6,9-10H,7-8,16H2,1-2H3. The Morgan fingerprint density at radius 1 is 1.33 bits per heavy atom. The van der Waals surface area contributed by atoms with E-state index in [1.807, 2.05) is 26.2 Å². The van der Waals surface area contributed by atoms with Gasteiger partial charge in [-0.05, 0) is 37.0 Å². The fourth-order valence-corrected chi connectivity index (χ4v) is 2.17. The Morgan fingerprint density at radius 3 is 2.67 bits per heavy atom. The first kappa shape index (κ1) is 12.8. The van der Waals surface area contributed by atoms with E-state index in [0.717, 1.165) is 5.56 Å². The Hall–Kier alpha value is -1.68. The van der Waals surface area contributed by atoms with Crippen molar-refractivity contribution in [3.8, 4) is 0 Å². The smallest absolute Gasteiger partial charge is 0.126 e. The van der Waals surface area contributed by atoms with E-state index in [2.05, 4.69) is 5.10 Å². The number of nitrogens with two attached hydrogens (primary N) is 1. The van der Waals surface area contributed by atoms with Crippen molar-refractivity contribution in [2.45, 2.75) is 25.3 Å². The maximum atomic E-state index is 13.6. The zero-order valence-electron chi connectivity index (χ0n) is 10.7. The first-order valence-corrected chi connectivity index (χ1v) is 5.96. The molecule has 2 N–H and O–H groups in total. The van der Waals surface area contributed by atoms with Crippen LogP contribution in [0.5, 0.6) is 0 Å². The highest BCUT2D eigenvalue weighted by Crippen LogP contribution is 2.18. The Bertz CT molecular complexity index is 531. The third-order valence-electron chi connectivity index (χ3n) is 2.92. The van der Waals surface area contributed by atoms with E-state index in [-0.39, 0.29) is 5.82 Å². The van der Waals surface area contributed by atoms with Crippen LogP contribution >= 0.6 is 0 Å². The van der Waals surface area contributed by atoms with E-state index in [9.17, 15) is 4.39 Å². The molecule has 0 spiro atoms. The van der Waals surface area contributed by atoms with Crippen molar-refractivity contribution in [2.75, 3.05) is 0 Å². The zero-order valence-corrected chi connectivity index (χ0v) is 10.7. The Labute approximate surface area is 106 Å². The summed E-state index contributed by atoms with van der Waals surface area (Å²) in [4.78, 5) is 0. The normalized spacial score (nSPS) is 14.4. The van der Waals surface area contributed by atoms with E-state index in [4.69, 9.17) is 5.73 Å². The molecule has 0 saturated heterocycles. The lowest BCUT2D eigenvalue weighted by atomic mass is 9.88. The SMILES string of the molecule is Cn1cc(CC(C)(N)Cc2ccccc2F)cn1. The maximum Gasteiger partial charge on any atom is 0.126 e. The van der Waals surface area contributed by atoms with Crippen LogP contribution in [0.4, 0.5) is 4.39 Å². The molecule has 1 heterocycles. The minimum atomic E-state index is -0.481. The number of benzene rings is 1. The zero-order chi connectivity index (χ0) is 13.2. The van der Waals surface area contributed by atoms with Gasteiger partial charge in [0.25, 0.3) is 0 Å². The largest absolute Gasteiger partial charge is 0.325 e. The number of hydrogen-bond acceptors (Lipinski definition) is 2. The van der Waals surface area contributed by atoms with Gasteiger partial charge in [-0.3, -0.25) is 4.68 Å². The van der Waals surface area contributed by atoms with Crippen molar-refractivity contribution in [1.29, 1.82) is 0 Å². The summed E-state index contributed by atoms with van der Waals surface area (Å²) in [5, 5.41) is 4.11. The van der Waals surface area contributed by atoms with Crippen molar-refractivity contribution in [1.82, 2.24) is 9.78 Å². The number of aromatic nitrogens is 2. The molecule has 18 heavy (non-hydrogen) atoms. The molecule has 2 aromatic rings. The predicted molar refractivity (Wildman–Crippen MR) is 69.6 cm³/mol. The highest BCUT2D eigenvalue weighted by Gasteiger charge is 2.21. The molecule has 0 aliphatic carbocycles. The molecule has 96 valence electrons. The average molecular weight is 247 g/mol. The molecule has 0 aliphatic heterocycles. The summed E-state index contributed by atoms with van der Waals surface area (Å²) in [6.45, 7) is 1.94. The van der Waals surface area contributed by atoms with E-state index in [0.29, 0.717) is 18.4 Å². The lowest BCUT2D eigenvalue weighted by Gasteiger charge is -2.24. The van der Waals surface area contributed by atoms with E-state index in [1.54, 1.807) is 23.0 Å². The first-order chi connectivity index (χ1) is 8.46. The van der Waals surface area contributed by atoms with Gasteiger partial charge in [0, 0.05) is 18.8 Å². The second kappa shape index (κ2) is 4.90. The number of hydrogen-bond donors (Lipinski definition) is 1. The molecule has 0 fully saturated rings. The quantitative estimate of drug-likeness (QED) is 0.898. The topological polar surface area (TPSA) is 43.8 Å². The maximum absolute atomic E-state index is 13.6. The van der Waals surface area contributed by atoms with Crippen LogP contribution in [-0.2, 0) is 19.9 Å². The number of aryl methyl sites for hydroxylation is 1. The average Bonchev–Trinajstić information content (AvgIpc) is 2.66. The molecule has 1 atom stereocenters. The van der Waals surface area contributed by atoms with Crippen LogP contribution in [0.2, 0.25) is 0 Å². The van der Waals surface area contributed by atoms with Crippen molar-refractivity contribution in [3.63, 3.8) is 0 Å². The summed E-state index contributed by atoms with van der Waals surface area (Å²) >= 11 is 0. The molecule has 0 radical (unpaired) electrons. The van der Waals surface area contributed by atoms with E-state index in [1.165, 1.54) is 6.07 Å². The van der Waals surface area contributed by atoms with Crippen molar-refractivity contribution in [2.24, 2.45) is 12.8 Å². The van der Waals surface area contributed by atoms with Crippen molar-refractivity contribution in [3.05, 3.63) is 53.6 Å². The van der Waals surface area contributed by atoms with Crippen molar-refractivity contribution < 1.29 is 4.39 Å². The van der Waals surface area contributed by atoms with Gasteiger partial charge in [-0.25, -0.2) is 4.39 Å². The van der Waals surface area contributed by atoms with Crippen LogP contribution in [0, 0.1) is 5.82 Å². The molecule has 1 aromatic heterocycles. The summed E-state index contributed by atoms with van der Waals surface area (Å²) in [5.41, 5.74) is 7.50. The summed E-state index contributed by atoms with van der Waals surface area (Å²) in [5.74, 6) is -0.194. The molecule has 2 rings (SSSR count). The van der Waals surface area contributed by atoms with Gasteiger partial charge in [-0.2, -0.15) is 5.10 Å². The highest BCUT2D eigenvalue weighted by atomic mass is 19.1. The second-order valence-electron chi connectivity index (χ2n) is 5.12. The van der Waals surface area contributed by atoms with Gasteiger partial charge in [0.05, 0.1) is 6.20 Å². The van der Waals surface area contributed by atoms with Gasteiger partial charge < -0.3 is 5.73 Å². The lowest BCUT2D eigenvalue weighted by molar-refractivity contribution is 0.451. The number of rotatable bonds is 4. The molecule has 3 nitrogen and oxygen atoms in total. The molecule has 1 unspecified atom stereocenters. The first-order valence-electron chi connectivity index (χ1n) is 5.96. The fourth-order valence-electron chi connectivity index (χ4n) is 2.17. The van der Waals surface area contributed by atoms with Crippen LogP contribution in [0.15, 0.2) is 36.7 Å². The van der Waals surface area contributed by atoms with Gasteiger partial charge in [-0.1, -0.05) is 18.2 Å². The molecule has 0 amide bonds. The fraction of sp³-hybridized carbons (Fsp3) is 0.357. The summed E-state index contributed by atoms with van der Waals surface area (Å²) in [7, 11) is 1.87. The molecule has 1 aromatic carbocycles. The minimum absolute atomic E-state index is 0.194. The van der Waals surface area contributed by atoms with Crippen LogP contribution in [0.25, 0.3) is 0 Å². The van der Waals surface area contributed by atoms with Gasteiger partial charge in [-0.15, -0.1) is 0 Å². The monoisotopic (exact) mass is 247 g/mol. The van der Waals surface area contributed by atoms with Gasteiger partial charge in [0.2, 0.25) is 0 Å². The predicted octanol–water partition coefficient (Wildman–Crippen LogP) is 2.06. The minimum Gasteiger partial charge on any atom is -0.325 e. The van der Waals surface area contributed by atoms with Crippen LogP contribution in [0.1, 0.15) is 18.1 Å². The van der Waals surface area contributed by atoms with Gasteiger partial charge >= 0.3 is 0 Å². The Balaban J connectivity index is 2.10. The van der Waals surface area contributed by atoms with E-state index < -0.39 is 5.54 Å². The van der Waals surface area contributed by atoms with Gasteiger partial charge in [0.15, 0.2) is 0 Å². The molecule has 0 aliphatic rings.